The maximum absolute atomic E-state index is 12.5. The van der Waals surface area contributed by atoms with Gasteiger partial charge in [0.2, 0.25) is 0 Å². The lowest BCUT2D eigenvalue weighted by Gasteiger charge is -2.05. The lowest BCUT2D eigenvalue weighted by Crippen LogP contribution is -2.12. The fourth-order valence-electron chi connectivity index (χ4n) is 2.95. The van der Waals surface area contributed by atoms with Gasteiger partial charge in [-0.3, -0.25) is 9.89 Å². The van der Waals surface area contributed by atoms with Crippen molar-refractivity contribution < 1.29 is 4.79 Å². The highest BCUT2D eigenvalue weighted by molar-refractivity contribution is 6.31. The third-order valence-corrected chi connectivity index (χ3v) is 4.73. The molecule has 0 fully saturated rings. The number of hydrogen-bond donors (Lipinski definition) is 2. The first-order chi connectivity index (χ1) is 12.6. The smallest absolute Gasteiger partial charge is 0.273 e. The van der Waals surface area contributed by atoms with E-state index in [-0.39, 0.29) is 5.91 Å². The van der Waals surface area contributed by atoms with Gasteiger partial charge in [0, 0.05) is 16.3 Å². The van der Waals surface area contributed by atoms with Crippen LogP contribution in [-0.2, 0) is 0 Å². The monoisotopic (exact) mass is 361 g/mol. The summed E-state index contributed by atoms with van der Waals surface area (Å²) in [6.45, 7) is 1.90. The average molecular weight is 362 g/mol. The van der Waals surface area contributed by atoms with Crippen LogP contribution in [0.3, 0.4) is 0 Å². The number of halogens is 1. The van der Waals surface area contributed by atoms with Gasteiger partial charge in [-0.05, 0) is 47.5 Å². The van der Waals surface area contributed by atoms with Gasteiger partial charge in [0.05, 0.1) is 5.69 Å². The van der Waals surface area contributed by atoms with Crippen LogP contribution in [0.5, 0.6) is 0 Å². The van der Waals surface area contributed by atoms with Crippen molar-refractivity contribution >= 4 is 34.0 Å². The number of carbonyl (C=O) groups is 1. The van der Waals surface area contributed by atoms with Crippen LogP contribution < -0.4 is 5.32 Å². The molecule has 128 valence electrons. The summed E-state index contributed by atoms with van der Waals surface area (Å²) in [5.74, 6) is -0.245. The number of aromatic nitrogens is 2. The standard InChI is InChI=1S/C21H16ClN3O/c1-13-11-15(9-10-18(13)22)23-21(26)20-12-19(24-25-20)17-8-4-6-14-5-2-3-7-16(14)17/h2-12H,1H3,(H,23,26)(H,24,25). The molecule has 0 saturated heterocycles. The van der Waals surface area contributed by atoms with Crippen LogP contribution in [-0.4, -0.2) is 16.1 Å². The minimum absolute atomic E-state index is 0.245. The highest BCUT2D eigenvalue weighted by Gasteiger charge is 2.13. The first-order valence-electron chi connectivity index (χ1n) is 8.23. The summed E-state index contributed by atoms with van der Waals surface area (Å²) in [4.78, 5) is 12.5. The van der Waals surface area contributed by atoms with E-state index in [1.807, 2.05) is 37.3 Å². The summed E-state index contributed by atoms with van der Waals surface area (Å²) in [6, 6.07) is 21.3. The maximum Gasteiger partial charge on any atom is 0.273 e. The van der Waals surface area contributed by atoms with Gasteiger partial charge >= 0.3 is 0 Å². The average Bonchev–Trinajstić information content (AvgIpc) is 3.14. The Morgan fingerprint density at radius 1 is 1.04 bits per heavy atom. The number of rotatable bonds is 3. The van der Waals surface area contributed by atoms with Crippen molar-refractivity contribution in [2.24, 2.45) is 0 Å². The molecule has 0 radical (unpaired) electrons. The first kappa shape index (κ1) is 16.4. The van der Waals surface area contributed by atoms with Gasteiger partial charge in [-0.25, -0.2) is 0 Å². The van der Waals surface area contributed by atoms with Crippen LogP contribution in [0.25, 0.3) is 22.0 Å². The van der Waals surface area contributed by atoms with Crippen molar-refractivity contribution in [1.82, 2.24) is 10.2 Å². The highest BCUT2D eigenvalue weighted by atomic mass is 35.5. The van der Waals surface area contributed by atoms with E-state index in [0.717, 1.165) is 27.6 Å². The third-order valence-electron chi connectivity index (χ3n) is 4.30. The summed E-state index contributed by atoms with van der Waals surface area (Å²) >= 11 is 6.02. The van der Waals surface area contributed by atoms with Crippen LogP contribution >= 0.6 is 11.6 Å². The minimum atomic E-state index is -0.245. The molecule has 0 aliphatic rings. The normalized spacial score (nSPS) is 10.8. The van der Waals surface area contributed by atoms with E-state index in [0.29, 0.717) is 16.4 Å². The molecule has 1 amide bonds. The van der Waals surface area contributed by atoms with Crippen molar-refractivity contribution in [2.75, 3.05) is 5.32 Å². The fourth-order valence-corrected chi connectivity index (χ4v) is 3.06. The summed E-state index contributed by atoms with van der Waals surface area (Å²) in [6.07, 6.45) is 0. The number of nitrogens with one attached hydrogen (secondary N) is 2. The Morgan fingerprint density at radius 3 is 2.69 bits per heavy atom. The Morgan fingerprint density at radius 2 is 1.85 bits per heavy atom. The maximum atomic E-state index is 12.5. The van der Waals surface area contributed by atoms with Crippen molar-refractivity contribution in [3.8, 4) is 11.3 Å². The first-order valence-corrected chi connectivity index (χ1v) is 8.61. The highest BCUT2D eigenvalue weighted by Crippen LogP contribution is 2.27. The number of carbonyl (C=O) groups excluding carboxylic acids is 1. The predicted octanol–water partition coefficient (Wildman–Crippen LogP) is 5.44. The van der Waals surface area contributed by atoms with Crippen molar-refractivity contribution in [3.05, 3.63) is 83.0 Å². The number of benzene rings is 3. The molecule has 2 N–H and O–H groups in total. The number of amides is 1. The SMILES string of the molecule is Cc1cc(NC(=O)c2cc(-c3cccc4ccccc34)n[nH]2)ccc1Cl. The number of anilines is 1. The number of aryl methyl sites for hydroxylation is 1. The molecule has 0 saturated carbocycles. The number of H-pyrrole nitrogens is 1. The van der Waals surface area contributed by atoms with Crippen LogP contribution in [0.15, 0.2) is 66.7 Å². The van der Waals surface area contributed by atoms with E-state index in [2.05, 4.69) is 33.7 Å². The van der Waals surface area contributed by atoms with Crippen LogP contribution in [0.2, 0.25) is 5.02 Å². The number of aromatic amines is 1. The Bertz CT molecular complexity index is 1110. The van der Waals surface area contributed by atoms with E-state index < -0.39 is 0 Å². The topological polar surface area (TPSA) is 57.8 Å². The zero-order chi connectivity index (χ0) is 18.1. The zero-order valence-corrected chi connectivity index (χ0v) is 14.8. The molecule has 0 aliphatic heterocycles. The third kappa shape index (κ3) is 3.07. The van der Waals surface area contributed by atoms with E-state index >= 15 is 0 Å². The van der Waals surface area contributed by atoms with Gasteiger partial charge in [-0.2, -0.15) is 5.10 Å². The number of nitrogens with zero attached hydrogens (tertiary/aromatic N) is 1. The molecular weight excluding hydrogens is 346 g/mol. The number of hydrogen-bond acceptors (Lipinski definition) is 2. The van der Waals surface area contributed by atoms with E-state index in [1.54, 1.807) is 18.2 Å². The summed E-state index contributed by atoms with van der Waals surface area (Å²) in [7, 11) is 0. The molecule has 0 bridgehead atoms. The molecule has 0 unspecified atom stereocenters. The molecule has 5 heteroatoms. The van der Waals surface area contributed by atoms with Gasteiger partial charge in [0.25, 0.3) is 5.91 Å². The van der Waals surface area contributed by atoms with Gasteiger partial charge in [0.15, 0.2) is 0 Å². The van der Waals surface area contributed by atoms with Crippen molar-refractivity contribution in [2.45, 2.75) is 6.92 Å². The molecule has 4 aromatic rings. The Balaban J connectivity index is 1.63. The zero-order valence-electron chi connectivity index (χ0n) is 14.1. The van der Waals surface area contributed by atoms with Gasteiger partial charge in [-0.15, -0.1) is 0 Å². The molecule has 4 rings (SSSR count). The molecule has 0 spiro atoms. The van der Waals surface area contributed by atoms with Gasteiger partial charge in [0.1, 0.15) is 5.69 Å². The largest absolute Gasteiger partial charge is 0.321 e. The minimum Gasteiger partial charge on any atom is -0.321 e. The summed E-state index contributed by atoms with van der Waals surface area (Å²) in [5.41, 5.74) is 3.73. The van der Waals surface area contributed by atoms with E-state index in [9.17, 15) is 4.79 Å². The lowest BCUT2D eigenvalue weighted by molar-refractivity contribution is 0.102. The second-order valence-corrected chi connectivity index (χ2v) is 6.52. The second kappa shape index (κ2) is 6.65. The number of fused-ring (bicyclic) bond motifs is 1. The van der Waals surface area contributed by atoms with Crippen molar-refractivity contribution in [3.63, 3.8) is 0 Å². The molecule has 4 nitrogen and oxygen atoms in total. The summed E-state index contributed by atoms with van der Waals surface area (Å²) < 4.78 is 0. The molecule has 0 aliphatic carbocycles. The lowest BCUT2D eigenvalue weighted by atomic mass is 10.0. The molecule has 3 aromatic carbocycles. The molecule has 1 aromatic heterocycles. The molecule has 1 heterocycles. The second-order valence-electron chi connectivity index (χ2n) is 6.11. The van der Waals surface area contributed by atoms with E-state index in [4.69, 9.17) is 11.6 Å². The molecular formula is C21H16ClN3O. The quantitative estimate of drug-likeness (QED) is 0.510. The Kier molecular flexibility index (Phi) is 4.19. The van der Waals surface area contributed by atoms with E-state index in [1.165, 1.54) is 0 Å². The fraction of sp³-hybridized carbons (Fsp3) is 0.0476. The predicted molar refractivity (Wildman–Crippen MR) is 106 cm³/mol. The van der Waals surface area contributed by atoms with Crippen LogP contribution in [0.1, 0.15) is 16.1 Å². The van der Waals surface area contributed by atoms with Crippen LogP contribution in [0.4, 0.5) is 5.69 Å². The van der Waals surface area contributed by atoms with Crippen LogP contribution in [0, 0.1) is 6.92 Å². The van der Waals surface area contributed by atoms with Crippen molar-refractivity contribution in [1.29, 1.82) is 0 Å². The Hall–Kier alpha value is -3.11. The molecule has 0 atom stereocenters. The van der Waals surface area contributed by atoms with Gasteiger partial charge < -0.3 is 5.32 Å². The summed E-state index contributed by atoms with van der Waals surface area (Å²) in [5, 5.41) is 12.9. The molecule has 26 heavy (non-hydrogen) atoms. The van der Waals surface area contributed by atoms with Gasteiger partial charge in [-0.1, -0.05) is 54.1 Å². The Labute approximate surface area is 155 Å².